The Hall–Kier alpha value is -6.64. The molecule has 234 valence electrons. The van der Waals surface area contributed by atoms with E-state index in [0.717, 1.165) is 60.9 Å². The molecule has 10 aromatic rings. The van der Waals surface area contributed by atoms with Crippen LogP contribution in [-0.4, -0.2) is 0 Å². The molecule has 0 unspecified atom stereocenters. The van der Waals surface area contributed by atoms with Gasteiger partial charge in [0, 0.05) is 39.3 Å². The van der Waals surface area contributed by atoms with Crippen molar-refractivity contribution in [2.24, 2.45) is 0 Å². The predicted octanol–water partition coefficient (Wildman–Crippen LogP) is 13.8. The molecule has 10 rings (SSSR count). The van der Waals surface area contributed by atoms with Crippen LogP contribution in [0.25, 0.3) is 76.5 Å². The minimum absolute atomic E-state index is 0.173. The minimum Gasteiger partial charge on any atom is -0.455 e. The van der Waals surface area contributed by atoms with Crippen LogP contribution in [0.15, 0.2) is 192 Å². The Labute approximate surface area is 297 Å². The highest BCUT2D eigenvalue weighted by molar-refractivity contribution is 6.16. The van der Waals surface area contributed by atoms with E-state index in [-0.39, 0.29) is 29.7 Å². The number of anilines is 3. The fraction of sp³-hybridized carbons (Fsp3) is 0. The highest BCUT2D eigenvalue weighted by Gasteiger charge is 2.17. The number of fused-ring (bicyclic) bond motifs is 8. The van der Waals surface area contributed by atoms with Crippen LogP contribution in [0, 0.1) is 0 Å². The third kappa shape index (κ3) is 4.65. The smallest absolute Gasteiger partial charge is 0.143 e. The molecule has 0 saturated heterocycles. The normalized spacial score (nSPS) is 13.0. The molecule has 2 heteroatoms. The van der Waals surface area contributed by atoms with E-state index in [9.17, 15) is 0 Å². The van der Waals surface area contributed by atoms with Crippen LogP contribution in [0.4, 0.5) is 17.1 Å². The maximum absolute atomic E-state index is 8.55. The highest BCUT2D eigenvalue weighted by Crippen LogP contribution is 2.42. The molecule has 9 aromatic carbocycles. The van der Waals surface area contributed by atoms with Crippen molar-refractivity contribution in [2.75, 3.05) is 4.90 Å². The van der Waals surface area contributed by atoms with Crippen molar-refractivity contribution in [1.82, 2.24) is 0 Å². The van der Waals surface area contributed by atoms with Gasteiger partial charge >= 0.3 is 0 Å². The number of rotatable bonds is 5. The van der Waals surface area contributed by atoms with Gasteiger partial charge in [-0.1, -0.05) is 133 Å². The highest BCUT2D eigenvalue weighted by atomic mass is 16.3. The van der Waals surface area contributed by atoms with Crippen LogP contribution in [0.5, 0.6) is 0 Å². The van der Waals surface area contributed by atoms with Crippen LogP contribution < -0.4 is 4.90 Å². The summed E-state index contributed by atoms with van der Waals surface area (Å²) in [6, 6.07) is 52.5. The Balaban J connectivity index is 1.12. The first kappa shape index (κ1) is 23.6. The summed E-state index contributed by atoms with van der Waals surface area (Å²) in [6.45, 7) is 0. The molecule has 0 spiro atoms. The molecule has 0 amide bonds. The molecule has 0 saturated carbocycles. The first-order valence-electron chi connectivity index (χ1n) is 19.2. The Morgan fingerprint density at radius 3 is 1.76 bits per heavy atom. The van der Waals surface area contributed by atoms with E-state index in [0.29, 0.717) is 5.56 Å². The average Bonchev–Trinajstić information content (AvgIpc) is 3.61. The molecular weight excluding hydrogens is 607 g/mol. The second-order valence-electron chi connectivity index (χ2n) is 12.6. The van der Waals surface area contributed by atoms with Gasteiger partial charge in [-0.05, 0) is 97.7 Å². The second kappa shape index (κ2) is 11.5. The maximum Gasteiger partial charge on any atom is 0.143 e. The van der Waals surface area contributed by atoms with Gasteiger partial charge < -0.3 is 9.32 Å². The van der Waals surface area contributed by atoms with Crippen LogP contribution in [-0.2, 0) is 0 Å². The lowest BCUT2D eigenvalue weighted by atomic mass is 9.93. The van der Waals surface area contributed by atoms with Crippen molar-refractivity contribution >= 4 is 71.3 Å². The van der Waals surface area contributed by atoms with E-state index in [1.165, 1.54) is 21.5 Å². The van der Waals surface area contributed by atoms with Crippen LogP contribution in [0.3, 0.4) is 0 Å². The standard InChI is InChI=1S/C48H31NO/c1-2-10-32(11-3-1)33-18-23-37(24-19-33)49(39-27-29-44-45-28-22-34-12-4-7-15-41(34)48(45)50-47(44)31-39)38-25-20-35(21-26-38)46-30-36-13-5-6-14-40(36)42-16-8-9-17-43(42)46/h1-31H/i1D,2D,3D,10D,11D. The van der Waals surface area contributed by atoms with Crippen molar-refractivity contribution in [3.8, 4) is 22.3 Å². The summed E-state index contributed by atoms with van der Waals surface area (Å²) >= 11 is 0. The molecule has 50 heavy (non-hydrogen) atoms. The Kier molecular flexibility index (Phi) is 5.44. The van der Waals surface area contributed by atoms with Gasteiger partial charge in [0.15, 0.2) is 0 Å². The van der Waals surface area contributed by atoms with Crippen LogP contribution in [0.1, 0.15) is 6.85 Å². The van der Waals surface area contributed by atoms with Crippen molar-refractivity contribution in [2.45, 2.75) is 0 Å². The molecule has 0 aliphatic carbocycles. The van der Waals surface area contributed by atoms with Crippen molar-refractivity contribution in [3.63, 3.8) is 0 Å². The van der Waals surface area contributed by atoms with Crippen molar-refractivity contribution < 1.29 is 11.3 Å². The topological polar surface area (TPSA) is 16.4 Å². The number of nitrogens with zero attached hydrogens (tertiary/aromatic N) is 1. The number of furan rings is 1. The van der Waals surface area contributed by atoms with Gasteiger partial charge in [-0.15, -0.1) is 0 Å². The Morgan fingerprint density at radius 1 is 0.400 bits per heavy atom. The lowest BCUT2D eigenvalue weighted by Crippen LogP contribution is -2.09. The number of hydrogen-bond acceptors (Lipinski definition) is 2. The van der Waals surface area contributed by atoms with Crippen molar-refractivity contribution in [1.29, 1.82) is 0 Å². The SMILES string of the molecule is [2H]c1c([2H])c([2H])c(-c2ccc(N(c3ccc(-c4cc5ccccc5c5ccccc45)cc3)c3ccc4c(c3)oc3c5ccccc5ccc43)cc2)c([2H])c1[2H]. The van der Waals surface area contributed by atoms with Crippen molar-refractivity contribution in [3.05, 3.63) is 188 Å². The van der Waals surface area contributed by atoms with Gasteiger partial charge in [-0.25, -0.2) is 0 Å². The average molecular weight is 643 g/mol. The summed E-state index contributed by atoms with van der Waals surface area (Å²) in [7, 11) is 0. The molecule has 0 atom stereocenters. The summed E-state index contributed by atoms with van der Waals surface area (Å²) in [4.78, 5) is 2.15. The van der Waals surface area contributed by atoms with E-state index in [2.05, 4.69) is 126 Å². The molecule has 0 bridgehead atoms. The fourth-order valence-electron chi connectivity index (χ4n) is 7.33. The first-order valence-corrected chi connectivity index (χ1v) is 16.7. The third-order valence-corrected chi connectivity index (χ3v) is 9.72. The van der Waals surface area contributed by atoms with E-state index in [4.69, 9.17) is 11.3 Å². The quantitative estimate of drug-likeness (QED) is 0.174. The number of hydrogen-bond donors (Lipinski definition) is 0. The van der Waals surface area contributed by atoms with Gasteiger partial charge in [0.2, 0.25) is 0 Å². The molecule has 1 heterocycles. The zero-order valence-corrected chi connectivity index (χ0v) is 26.9. The zero-order chi connectivity index (χ0) is 37.4. The fourth-order valence-corrected chi connectivity index (χ4v) is 7.33. The summed E-state index contributed by atoms with van der Waals surface area (Å²) in [5, 5.41) is 9.09. The van der Waals surface area contributed by atoms with Gasteiger partial charge in [-0.2, -0.15) is 0 Å². The largest absolute Gasteiger partial charge is 0.455 e. The molecule has 0 aliphatic rings. The maximum atomic E-state index is 8.55. The van der Waals surface area contributed by atoms with E-state index in [1.807, 2.05) is 36.4 Å². The van der Waals surface area contributed by atoms with E-state index in [1.54, 1.807) is 0 Å². The molecule has 0 N–H and O–H groups in total. The first-order chi connectivity index (χ1) is 26.9. The predicted molar refractivity (Wildman–Crippen MR) is 212 cm³/mol. The van der Waals surface area contributed by atoms with Crippen LogP contribution in [0.2, 0.25) is 0 Å². The van der Waals surface area contributed by atoms with E-state index < -0.39 is 6.04 Å². The molecule has 1 aromatic heterocycles. The van der Waals surface area contributed by atoms with Gasteiger partial charge in [0.25, 0.3) is 0 Å². The minimum atomic E-state index is -0.407. The summed E-state index contributed by atoms with van der Waals surface area (Å²) < 4.78 is 48.2. The van der Waals surface area contributed by atoms with E-state index >= 15 is 0 Å². The van der Waals surface area contributed by atoms with Gasteiger partial charge in [0.1, 0.15) is 11.2 Å². The van der Waals surface area contributed by atoms with Gasteiger partial charge in [-0.3, -0.25) is 0 Å². The Morgan fingerprint density at radius 2 is 1.00 bits per heavy atom. The summed E-state index contributed by atoms with van der Waals surface area (Å²) in [6.07, 6.45) is 0. The lowest BCUT2D eigenvalue weighted by Gasteiger charge is -2.26. The third-order valence-electron chi connectivity index (χ3n) is 9.72. The number of benzene rings is 9. The monoisotopic (exact) mass is 642 g/mol. The van der Waals surface area contributed by atoms with Crippen LogP contribution >= 0.6 is 0 Å². The second-order valence-corrected chi connectivity index (χ2v) is 12.6. The molecule has 0 aliphatic heterocycles. The lowest BCUT2D eigenvalue weighted by molar-refractivity contribution is 0.672. The van der Waals surface area contributed by atoms with Gasteiger partial charge in [0.05, 0.1) is 6.85 Å². The molecular formula is C48H31NO. The summed E-state index contributed by atoms with van der Waals surface area (Å²) in [5.74, 6) is 0. The Bertz CT molecular complexity index is 3120. The molecule has 0 fully saturated rings. The zero-order valence-electron chi connectivity index (χ0n) is 31.9. The molecule has 0 radical (unpaired) electrons. The summed E-state index contributed by atoms with van der Waals surface area (Å²) in [5.41, 5.74) is 7.23. The molecule has 2 nitrogen and oxygen atoms in total.